The first-order chi connectivity index (χ1) is 10.4. The van der Waals surface area contributed by atoms with Gasteiger partial charge in [-0.25, -0.2) is 9.97 Å². The van der Waals surface area contributed by atoms with Crippen LogP contribution < -0.4 is 4.90 Å². The molecular formula is C13H19N5O4. The van der Waals surface area contributed by atoms with E-state index >= 15 is 0 Å². The molecule has 3 rings (SSSR count). The smallest absolute Gasteiger partial charge is 0.227 e. The van der Waals surface area contributed by atoms with E-state index in [1.807, 2.05) is 21.0 Å². The third-order valence-corrected chi connectivity index (χ3v) is 3.78. The van der Waals surface area contributed by atoms with Crippen LogP contribution in [0.25, 0.3) is 11.2 Å². The Morgan fingerprint density at radius 2 is 2.00 bits per heavy atom. The van der Waals surface area contributed by atoms with Crippen molar-refractivity contribution in [2.75, 3.05) is 25.6 Å². The average molecular weight is 309 g/mol. The summed E-state index contributed by atoms with van der Waals surface area (Å²) in [7, 11) is 3.65. The Balaban J connectivity index is 2.08. The second-order valence-corrected chi connectivity index (χ2v) is 5.56. The molecule has 2 aromatic heterocycles. The molecule has 1 fully saturated rings. The van der Waals surface area contributed by atoms with Crippen LogP contribution in [0.2, 0.25) is 0 Å². The Labute approximate surface area is 126 Å². The lowest BCUT2D eigenvalue weighted by molar-refractivity contribution is -0.0511. The maximum Gasteiger partial charge on any atom is 0.227 e. The summed E-state index contributed by atoms with van der Waals surface area (Å²) in [6.07, 6.45) is -2.54. The number of aromatic nitrogens is 4. The van der Waals surface area contributed by atoms with Gasteiger partial charge in [-0.3, -0.25) is 4.57 Å². The number of hydrogen-bond donors (Lipinski definition) is 3. The Morgan fingerprint density at radius 3 is 2.59 bits per heavy atom. The van der Waals surface area contributed by atoms with E-state index in [1.165, 1.54) is 6.33 Å². The minimum absolute atomic E-state index is 0.377. The number of aliphatic hydroxyl groups excluding tert-OH is 3. The molecule has 120 valence electrons. The van der Waals surface area contributed by atoms with E-state index in [0.29, 0.717) is 22.8 Å². The molecule has 0 aromatic carbocycles. The van der Waals surface area contributed by atoms with Crippen molar-refractivity contribution in [3.8, 4) is 0 Å². The molecule has 0 spiro atoms. The monoisotopic (exact) mass is 309 g/mol. The Hall–Kier alpha value is -1.81. The van der Waals surface area contributed by atoms with Gasteiger partial charge in [-0.05, 0) is 6.92 Å². The molecule has 3 N–H and O–H groups in total. The van der Waals surface area contributed by atoms with E-state index in [0.717, 1.165) is 0 Å². The molecule has 9 heteroatoms. The first-order valence-electron chi connectivity index (χ1n) is 6.95. The molecule has 2 aromatic rings. The van der Waals surface area contributed by atoms with Crippen LogP contribution in [0.4, 0.5) is 5.95 Å². The number of rotatable bonds is 3. The molecule has 0 radical (unpaired) electrons. The Bertz CT molecular complexity index is 688. The van der Waals surface area contributed by atoms with E-state index in [1.54, 1.807) is 9.47 Å². The van der Waals surface area contributed by atoms with Gasteiger partial charge in [0.25, 0.3) is 0 Å². The van der Waals surface area contributed by atoms with Crippen LogP contribution in [0.1, 0.15) is 11.9 Å². The number of hydrogen-bond acceptors (Lipinski definition) is 8. The lowest BCUT2D eigenvalue weighted by atomic mass is 10.1. The predicted octanol–water partition coefficient (Wildman–Crippen LogP) is -1.19. The summed E-state index contributed by atoms with van der Waals surface area (Å²) in [6, 6.07) is 0. The van der Waals surface area contributed by atoms with Gasteiger partial charge in [-0.2, -0.15) is 4.98 Å². The van der Waals surface area contributed by atoms with Gasteiger partial charge in [0.1, 0.15) is 23.8 Å². The van der Waals surface area contributed by atoms with Crippen LogP contribution in [-0.2, 0) is 4.74 Å². The maximum atomic E-state index is 10.1. The van der Waals surface area contributed by atoms with Crippen molar-refractivity contribution in [2.24, 2.45) is 0 Å². The van der Waals surface area contributed by atoms with Crippen LogP contribution in [0.3, 0.4) is 0 Å². The summed E-state index contributed by atoms with van der Waals surface area (Å²) in [5.74, 6) is 0.512. The molecular weight excluding hydrogens is 290 g/mol. The molecule has 0 unspecified atom stereocenters. The van der Waals surface area contributed by atoms with E-state index in [-0.39, 0.29) is 6.61 Å². The zero-order chi connectivity index (χ0) is 16.0. The van der Waals surface area contributed by atoms with Gasteiger partial charge < -0.3 is 25.0 Å². The maximum absolute atomic E-state index is 10.1. The molecule has 4 atom stereocenters. The molecule has 0 amide bonds. The third-order valence-electron chi connectivity index (χ3n) is 3.78. The van der Waals surface area contributed by atoms with Crippen LogP contribution in [0, 0.1) is 6.92 Å². The van der Waals surface area contributed by atoms with Crippen molar-refractivity contribution >= 4 is 17.1 Å². The summed E-state index contributed by atoms with van der Waals surface area (Å²) in [5, 5.41) is 29.2. The predicted molar refractivity (Wildman–Crippen MR) is 77.4 cm³/mol. The van der Waals surface area contributed by atoms with Crippen molar-refractivity contribution in [1.82, 2.24) is 19.5 Å². The minimum Gasteiger partial charge on any atom is -0.394 e. The molecule has 0 aliphatic carbocycles. The highest BCUT2D eigenvalue weighted by molar-refractivity contribution is 5.74. The van der Waals surface area contributed by atoms with E-state index in [9.17, 15) is 15.3 Å². The lowest BCUT2D eigenvalue weighted by Gasteiger charge is -2.17. The average Bonchev–Trinajstić information content (AvgIpc) is 3.02. The quantitative estimate of drug-likeness (QED) is 0.648. The second-order valence-electron chi connectivity index (χ2n) is 5.56. The van der Waals surface area contributed by atoms with Crippen LogP contribution in [0.5, 0.6) is 0 Å². The van der Waals surface area contributed by atoms with E-state index in [2.05, 4.69) is 15.0 Å². The Morgan fingerprint density at radius 1 is 1.27 bits per heavy atom. The summed E-state index contributed by atoms with van der Waals surface area (Å²) < 4.78 is 7.08. The van der Waals surface area contributed by atoms with Crippen LogP contribution in [-0.4, -0.2) is 73.9 Å². The van der Waals surface area contributed by atoms with Gasteiger partial charge in [0.05, 0.1) is 18.6 Å². The number of ether oxygens (including phenoxy) is 1. The highest BCUT2D eigenvalue weighted by Gasteiger charge is 2.44. The first-order valence-corrected chi connectivity index (χ1v) is 6.95. The van der Waals surface area contributed by atoms with Gasteiger partial charge in [0.15, 0.2) is 11.9 Å². The number of aryl methyl sites for hydroxylation is 1. The first kappa shape index (κ1) is 15.1. The Kier molecular flexibility index (Phi) is 3.73. The summed E-state index contributed by atoms with van der Waals surface area (Å²) in [4.78, 5) is 14.8. The van der Waals surface area contributed by atoms with Crippen molar-refractivity contribution in [1.29, 1.82) is 0 Å². The van der Waals surface area contributed by atoms with Crippen molar-refractivity contribution in [2.45, 2.75) is 31.5 Å². The van der Waals surface area contributed by atoms with Crippen LogP contribution >= 0.6 is 0 Å². The molecule has 1 saturated heterocycles. The summed E-state index contributed by atoms with van der Waals surface area (Å²) in [6.45, 7) is 1.45. The highest BCUT2D eigenvalue weighted by Crippen LogP contribution is 2.31. The molecule has 9 nitrogen and oxygen atoms in total. The normalized spacial score (nSPS) is 28.5. The van der Waals surface area contributed by atoms with Gasteiger partial charge in [-0.15, -0.1) is 0 Å². The fraction of sp³-hybridized carbons (Fsp3) is 0.615. The lowest BCUT2D eigenvalue weighted by Crippen LogP contribution is -2.33. The molecule has 0 bridgehead atoms. The summed E-state index contributed by atoms with van der Waals surface area (Å²) >= 11 is 0. The standard InChI is InChI=1S/C13H19N5O4/c1-6-8-11(16-13(15-6)17(2)3)18(5-14-8)12-10(21)9(20)7(4-19)22-12/h5,7,9-10,12,19-21H,4H2,1-3H3/t7-,9-,10-,12-/m1/s1. The number of aliphatic hydroxyl groups is 3. The van der Waals surface area contributed by atoms with Crippen molar-refractivity contribution in [3.63, 3.8) is 0 Å². The highest BCUT2D eigenvalue weighted by atomic mass is 16.6. The SMILES string of the molecule is Cc1nc(N(C)C)nc2c1ncn2[C@@H]1O[C@H](CO)[C@@H](O)[C@H]1O. The van der Waals surface area contributed by atoms with E-state index in [4.69, 9.17) is 4.74 Å². The van der Waals surface area contributed by atoms with Gasteiger partial charge >= 0.3 is 0 Å². The van der Waals surface area contributed by atoms with Crippen molar-refractivity contribution in [3.05, 3.63) is 12.0 Å². The van der Waals surface area contributed by atoms with Gasteiger partial charge in [-0.1, -0.05) is 0 Å². The van der Waals surface area contributed by atoms with Crippen LogP contribution in [0.15, 0.2) is 6.33 Å². The zero-order valence-corrected chi connectivity index (χ0v) is 12.6. The van der Waals surface area contributed by atoms with Crippen molar-refractivity contribution < 1.29 is 20.1 Å². The molecule has 22 heavy (non-hydrogen) atoms. The fourth-order valence-corrected chi connectivity index (χ4v) is 2.54. The summed E-state index contributed by atoms with van der Waals surface area (Å²) in [5.41, 5.74) is 1.81. The number of nitrogens with zero attached hydrogens (tertiary/aromatic N) is 5. The molecule has 1 aliphatic heterocycles. The second kappa shape index (κ2) is 5.43. The molecule has 3 heterocycles. The molecule has 1 aliphatic rings. The largest absolute Gasteiger partial charge is 0.394 e. The number of fused-ring (bicyclic) bond motifs is 1. The number of imidazole rings is 1. The molecule has 0 saturated carbocycles. The fourth-order valence-electron chi connectivity index (χ4n) is 2.54. The van der Waals surface area contributed by atoms with Gasteiger partial charge in [0, 0.05) is 14.1 Å². The minimum atomic E-state index is -1.17. The third kappa shape index (κ3) is 2.22. The number of anilines is 1. The van der Waals surface area contributed by atoms with Gasteiger partial charge in [0.2, 0.25) is 5.95 Å². The topological polar surface area (TPSA) is 117 Å². The van der Waals surface area contributed by atoms with E-state index < -0.39 is 24.5 Å². The zero-order valence-electron chi connectivity index (χ0n) is 12.6.